The van der Waals surface area contributed by atoms with Crippen molar-refractivity contribution in [2.45, 2.75) is 19.1 Å². The Morgan fingerprint density at radius 1 is 1.53 bits per heavy atom. The molecule has 0 aliphatic rings. The fourth-order valence-electron chi connectivity index (χ4n) is 1.36. The molecule has 0 aliphatic carbocycles. The van der Waals surface area contributed by atoms with E-state index in [1.165, 1.54) is 4.68 Å². The lowest BCUT2D eigenvalue weighted by Crippen LogP contribution is -2.15. The van der Waals surface area contributed by atoms with Crippen LogP contribution in [-0.2, 0) is 27.4 Å². The second-order valence-corrected chi connectivity index (χ2v) is 6.68. The number of carbonyl (C=O) groups is 1. The minimum absolute atomic E-state index is 0.210. The molecular formula is C9H13BrN2O4S. The standard InChI is InChI=1S/C9H13BrN2O4S/c1-6-9(10)7(12(2)11-6)5-17(15,16)4-3-8(13)14/h3-5H2,1-2H3,(H,13,14). The van der Waals surface area contributed by atoms with E-state index in [-0.39, 0.29) is 17.9 Å². The minimum atomic E-state index is -3.43. The monoisotopic (exact) mass is 324 g/mol. The van der Waals surface area contributed by atoms with Crippen LogP contribution in [0.2, 0.25) is 0 Å². The number of aliphatic carboxylic acids is 1. The molecule has 0 unspecified atom stereocenters. The van der Waals surface area contributed by atoms with Gasteiger partial charge in [0.05, 0.1) is 33.8 Å². The van der Waals surface area contributed by atoms with Gasteiger partial charge in [-0.25, -0.2) is 8.42 Å². The van der Waals surface area contributed by atoms with Crippen LogP contribution in [0.15, 0.2) is 4.47 Å². The number of hydrogen-bond acceptors (Lipinski definition) is 4. The Morgan fingerprint density at radius 3 is 2.53 bits per heavy atom. The molecule has 17 heavy (non-hydrogen) atoms. The van der Waals surface area contributed by atoms with Gasteiger partial charge in [-0.15, -0.1) is 0 Å². The Balaban J connectivity index is 2.87. The Morgan fingerprint density at radius 2 is 2.12 bits per heavy atom. The van der Waals surface area contributed by atoms with Crippen LogP contribution in [0.3, 0.4) is 0 Å². The molecule has 1 heterocycles. The third kappa shape index (κ3) is 3.81. The van der Waals surface area contributed by atoms with E-state index in [0.29, 0.717) is 15.9 Å². The highest BCUT2D eigenvalue weighted by Gasteiger charge is 2.20. The van der Waals surface area contributed by atoms with Gasteiger partial charge in [0.2, 0.25) is 0 Å². The summed E-state index contributed by atoms with van der Waals surface area (Å²) >= 11 is 3.27. The molecule has 1 N–H and O–H groups in total. The number of aryl methyl sites for hydroxylation is 2. The van der Waals surface area contributed by atoms with Gasteiger partial charge >= 0.3 is 5.97 Å². The van der Waals surface area contributed by atoms with Gasteiger partial charge in [-0.2, -0.15) is 5.10 Å². The number of sulfone groups is 1. The normalized spacial score (nSPS) is 11.7. The van der Waals surface area contributed by atoms with E-state index in [4.69, 9.17) is 5.11 Å². The molecule has 0 aliphatic heterocycles. The Bertz CT molecular complexity index is 535. The fourth-order valence-corrected chi connectivity index (χ4v) is 3.40. The molecule has 1 aromatic rings. The van der Waals surface area contributed by atoms with Gasteiger partial charge in [-0.05, 0) is 22.9 Å². The average Bonchev–Trinajstić information content (AvgIpc) is 2.42. The maximum atomic E-state index is 11.7. The topological polar surface area (TPSA) is 89.3 Å². The van der Waals surface area contributed by atoms with Crippen LogP contribution in [0.4, 0.5) is 0 Å². The first-order chi connectivity index (χ1) is 7.73. The number of hydrogen-bond donors (Lipinski definition) is 1. The van der Waals surface area contributed by atoms with E-state index in [1.54, 1.807) is 14.0 Å². The molecule has 6 nitrogen and oxygen atoms in total. The van der Waals surface area contributed by atoms with Crippen LogP contribution in [0.1, 0.15) is 17.8 Å². The molecule has 0 amide bonds. The van der Waals surface area contributed by atoms with Crippen molar-refractivity contribution < 1.29 is 18.3 Å². The second-order valence-electron chi connectivity index (χ2n) is 3.71. The van der Waals surface area contributed by atoms with Crippen molar-refractivity contribution in [1.82, 2.24) is 9.78 Å². The molecule has 0 fully saturated rings. The maximum Gasteiger partial charge on any atom is 0.304 e. The quantitative estimate of drug-likeness (QED) is 0.868. The predicted molar refractivity (Wildman–Crippen MR) is 65.4 cm³/mol. The van der Waals surface area contributed by atoms with E-state index < -0.39 is 15.8 Å². The number of rotatable bonds is 5. The number of nitrogens with zero attached hydrogens (tertiary/aromatic N) is 2. The summed E-state index contributed by atoms with van der Waals surface area (Å²) < 4.78 is 25.5. The molecule has 0 bridgehead atoms. The zero-order valence-electron chi connectivity index (χ0n) is 9.47. The number of carboxylic acid groups (broad SMARTS) is 1. The second kappa shape index (κ2) is 5.18. The number of aromatic nitrogens is 2. The summed E-state index contributed by atoms with van der Waals surface area (Å²) in [6.07, 6.45) is -0.378. The first kappa shape index (κ1) is 14.2. The van der Waals surface area contributed by atoms with Crippen LogP contribution in [0, 0.1) is 6.92 Å². The zero-order valence-corrected chi connectivity index (χ0v) is 11.9. The van der Waals surface area contributed by atoms with Crippen LogP contribution in [-0.4, -0.2) is 35.0 Å². The summed E-state index contributed by atoms with van der Waals surface area (Å²) in [6, 6.07) is 0. The summed E-state index contributed by atoms with van der Waals surface area (Å²) in [5.74, 6) is -1.69. The number of halogens is 1. The van der Waals surface area contributed by atoms with Gasteiger partial charge in [-0.1, -0.05) is 0 Å². The molecule has 96 valence electrons. The highest BCUT2D eigenvalue weighted by molar-refractivity contribution is 9.10. The van der Waals surface area contributed by atoms with Crippen LogP contribution in [0.5, 0.6) is 0 Å². The van der Waals surface area contributed by atoms with E-state index in [1.807, 2.05) is 0 Å². The van der Waals surface area contributed by atoms with Crippen molar-refractivity contribution >= 4 is 31.7 Å². The molecule has 1 rings (SSSR count). The van der Waals surface area contributed by atoms with Crippen molar-refractivity contribution in [1.29, 1.82) is 0 Å². The maximum absolute atomic E-state index is 11.7. The Labute approximate surface area is 108 Å². The van der Waals surface area contributed by atoms with Crippen LogP contribution in [0.25, 0.3) is 0 Å². The highest BCUT2D eigenvalue weighted by atomic mass is 79.9. The Kier molecular flexibility index (Phi) is 4.31. The van der Waals surface area contributed by atoms with Gasteiger partial charge < -0.3 is 5.11 Å². The fraction of sp³-hybridized carbons (Fsp3) is 0.556. The molecule has 0 radical (unpaired) electrons. The summed E-state index contributed by atoms with van der Waals surface area (Å²) in [5, 5.41) is 12.5. The van der Waals surface area contributed by atoms with Crippen LogP contribution >= 0.6 is 15.9 Å². The van der Waals surface area contributed by atoms with E-state index >= 15 is 0 Å². The van der Waals surface area contributed by atoms with Crippen molar-refractivity contribution in [3.63, 3.8) is 0 Å². The average molecular weight is 325 g/mol. The van der Waals surface area contributed by atoms with Crippen molar-refractivity contribution in [2.75, 3.05) is 5.75 Å². The third-order valence-corrected chi connectivity index (χ3v) is 4.82. The summed E-state index contributed by atoms with van der Waals surface area (Å²) in [7, 11) is -1.78. The molecule has 0 atom stereocenters. The third-order valence-electron chi connectivity index (χ3n) is 2.25. The molecule has 0 saturated carbocycles. The first-order valence-corrected chi connectivity index (χ1v) is 7.44. The SMILES string of the molecule is Cc1nn(C)c(CS(=O)(=O)CCC(=O)O)c1Br. The van der Waals surface area contributed by atoms with Crippen molar-refractivity contribution in [3.05, 3.63) is 15.9 Å². The molecule has 0 saturated heterocycles. The lowest BCUT2D eigenvalue weighted by molar-refractivity contribution is -0.136. The van der Waals surface area contributed by atoms with Gasteiger partial charge in [0, 0.05) is 7.05 Å². The van der Waals surface area contributed by atoms with Gasteiger partial charge in [-0.3, -0.25) is 9.48 Å². The van der Waals surface area contributed by atoms with E-state index in [9.17, 15) is 13.2 Å². The zero-order chi connectivity index (χ0) is 13.2. The van der Waals surface area contributed by atoms with Gasteiger partial charge in [0.15, 0.2) is 9.84 Å². The van der Waals surface area contributed by atoms with Gasteiger partial charge in [0.25, 0.3) is 0 Å². The highest BCUT2D eigenvalue weighted by Crippen LogP contribution is 2.22. The predicted octanol–water partition coefficient (Wildman–Crippen LogP) is 0.881. The Hall–Kier alpha value is -0.890. The van der Waals surface area contributed by atoms with E-state index in [2.05, 4.69) is 21.0 Å². The molecule has 8 heteroatoms. The summed E-state index contributed by atoms with van der Waals surface area (Å²) in [6.45, 7) is 1.76. The molecule has 1 aromatic heterocycles. The first-order valence-electron chi connectivity index (χ1n) is 4.83. The van der Waals surface area contributed by atoms with Crippen molar-refractivity contribution in [3.8, 4) is 0 Å². The summed E-state index contributed by atoms with van der Waals surface area (Å²) in [4.78, 5) is 10.3. The van der Waals surface area contributed by atoms with Crippen molar-refractivity contribution in [2.24, 2.45) is 7.05 Å². The van der Waals surface area contributed by atoms with E-state index in [0.717, 1.165) is 0 Å². The number of carboxylic acids is 1. The van der Waals surface area contributed by atoms with Gasteiger partial charge in [0.1, 0.15) is 0 Å². The lowest BCUT2D eigenvalue weighted by atomic mass is 10.4. The molecule has 0 aromatic carbocycles. The summed E-state index contributed by atoms with van der Waals surface area (Å²) in [5.41, 5.74) is 1.24. The van der Waals surface area contributed by atoms with Crippen LogP contribution < -0.4 is 0 Å². The largest absolute Gasteiger partial charge is 0.481 e. The minimum Gasteiger partial charge on any atom is -0.481 e. The molecule has 0 spiro atoms. The smallest absolute Gasteiger partial charge is 0.304 e. The lowest BCUT2D eigenvalue weighted by Gasteiger charge is -2.04. The molecular weight excluding hydrogens is 312 g/mol.